The number of carbonyl (C=O) groups excluding carboxylic acids is 1. The summed E-state index contributed by atoms with van der Waals surface area (Å²) in [6.07, 6.45) is 0.590. The number of Topliss-reactive ketones (excluding diaryl/α,β-unsaturated/α-hetero) is 1. The first-order chi connectivity index (χ1) is 6.11. The van der Waals surface area contributed by atoms with Gasteiger partial charge in [0.05, 0.1) is 0 Å². The average molecular weight is 206 g/mol. The normalized spacial score (nSPS) is 21.6. The second-order valence-corrected chi connectivity index (χ2v) is 5.04. The first-order valence-electron chi connectivity index (χ1n) is 4.76. The SMILES string of the molecule is CC(C)(C)C(=O)C(F)(F)C1(O)CCC1. The van der Waals surface area contributed by atoms with Gasteiger partial charge in [-0.1, -0.05) is 20.8 Å². The van der Waals surface area contributed by atoms with Crippen molar-refractivity contribution in [3.05, 3.63) is 0 Å². The highest BCUT2D eigenvalue weighted by molar-refractivity contribution is 5.91. The third-order valence-electron chi connectivity index (χ3n) is 2.73. The lowest BCUT2D eigenvalue weighted by Crippen LogP contribution is -2.60. The van der Waals surface area contributed by atoms with Crippen LogP contribution in [0.2, 0.25) is 0 Å². The molecule has 2 nitrogen and oxygen atoms in total. The topological polar surface area (TPSA) is 37.3 Å². The molecule has 1 fully saturated rings. The van der Waals surface area contributed by atoms with Crippen molar-refractivity contribution < 1.29 is 18.7 Å². The molecule has 82 valence electrons. The summed E-state index contributed by atoms with van der Waals surface area (Å²) in [5, 5.41) is 9.50. The van der Waals surface area contributed by atoms with E-state index < -0.39 is 22.7 Å². The predicted molar refractivity (Wildman–Crippen MR) is 48.2 cm³/mol. The van der Waals surface area contributed by atoms with Crippen molar-refractivity contribution in [1.29, 1.82) is 0 Å². The van der Waals surface area contributed by atoms with Gasteiger partial charge in [-0.05, 0) is 19.3 Å². The Balaban J connectivity index is 2.90. The molecule has 0 unspecified atom stereocenters. The van der Waals surface area contributed by atoms with E-state index in [2.05, 4.69) is 0 Å². The van der Waals surface area contributed by atoms with Crippen LogP contribution in [0.5, 0.6) is 0 Å². The quantitative estimate of drug-likeness (QED) is 0.751. The molecule has 1 aliphatic rings. The minimum atomic E-state index is -3.61. The minimum Gasteiger partial charge on any atom is -0.383 e. The van der Waals surface area contributed by atoms with E-state index in [9.17, 15) is 18.7 Å². The summed E-state index contributed by atoms with van der Waals surface area (Å²) in [5.74, 6) is -4.78. The van der Waals surface area contributed by atoms with Crippen LogP contribution in [0, 0.1) is 5.41 Å². The first kappa shape index (κ1) is 11.6. The molecule has 0 aromatic carbocycles. The zero-order valence-electron chi connectivity index (χ0n) is 8.73. The summed E-state index contributed by atoms with van der Waals surface area (Å²) in [6, 6.07) is 0. The summed E-state index contributed by atoms with van der Waals surface area (Å²) in [4.78, 5) is 11.4. The van der Waals surface area contributed by atoms with Crippen molar-refractivity contribution in [3.63, 3.8) is 0 Å². The van der Waals surface area contributed by atoms with Gasteiger partial charge in [-0.15, -0.1) is 0 Å². The lowest BCUT2D eigenvalue weighted by atomic mass is 9.70. The maximum atomic E-state index is 13.5. The number of halogens is 2. The van der Waals surface area contributed by atoms with Crippen LogP contribution in [0.15, 0.2) is 0 Å². The molecular weight excluding hydrogens is 190 g/mol. The number of hydrogen-bond donors (Lipinski definition) is 1. The minimum absolute atomic E-state index is 0.0157. The van der Waals surface area contributed by atoms with Crippen LogP contribution < -0.4 is 0 Å². The van der Waals surface area contributed by atoms with Gasteiger partial charge in [0.25, 0.3) is 0 Å². The number of rotatable bonds is 2. The molecule has 0 aromatic heterocycles. The van der Waals surface area contributed by atoms with E-state index in [0.29, 0.717) is 6.42 Å². The van der Waals surface area contributed by atoms with Gasteiger partial charge in [-0.2, -0.15) is 8.78 Å². The highest BCUT2D eigenvalue weighted by Gasteiger charge is 2.62. The van der Waals surface area contributed by atoms with E-state index in [1.807, 2.05) is 0 Å². The van der Waals surface area contributed by atoms with Gasteiger partial charge in [-0.25, -0.2) is 0 Å². The molecular formula is C10H16F2O2. The molecule has 1 N–H and O–H groups in total. The Hall–Kier alpha value is -0.510. The van der Waals surface area contributed by atoms with E-state index in [1.54, 1.807) is 0 Å². The van der Waals surface area contributed by atoms with E-state index in [1.165, 1.54) is 20.8 Å². The van der Waals surface area contributed by atoms with Crippen LogP contribution in [-0.2, 0) is 4.79 Å². The monoisotopic (exact) mass is 206 g/mol. The Labute approximate surface area is 82.3 Å². The van der Waals surface area contributed by atoms with Crippen LogP contribution in [0.1, 0.15) is 40.0 Å². The van der Waals surface area contributed by atoms with E-state index in [4.69, 9.17) is 0 Å². The molecule has 0 atom stereocenters. The number of alkyl halides is 2. The van der Waals surface area contributed by atoms with Crippen molar-refractivity contribution >= 4 is 5.78 Å². The van der Waals surface area contributed by atoms with Crippen LogP contribution in [0.25, 0.3) is 0 Å². The van der Waals surface area contributed by atoms with E-state index in [-0.39, 0.29) is 12.8 Å². The molecule has 4 heteroatoms. The summed E-state index contributed by atoms with van der Waals surface area (Å²) in [7, 11) is 0. The number of aliphatic hydroxyl groups is 1. The van der Waals surface area contributed by atoms with Gasteiger partial charge in [-0.3, -0.25) is 4.79 Å². The van der Waals surface area contributed by atoms with Crippen molar-refractivity contribution in [2.24, 2.45) is 5.41 Å². The summed E-state index contributed by atoms with van der Waals surface area (Å²) in [5.41, 5.74) is -3.20. The van der Waals surface area contributed by atoms with Gasteiger partial charge in [0.2, 0.25) is 5.78 Å². The zero-order chi connectivity index (χ0) is 11.2. The Morgan fingerprint density at radius 3 is 1.93 bits per heavy atom. The smallest absolute Gasteiger partial charge is 0.333 e. The fourth-order valence-electron chi connectivity index (χ4n) is 1.51. The van der Waals surface area contributed by atoms with Gasteiger partial charge >= 0.3 is 5.92 Å². The van der Waals surface area contributed by atoms with Gasteiger partial charge in [0.15, 0.2) is 0 Å². The molecule has 0 amide bonds. The fourth-order valence-corrected chi connectivity index (χ4v) is 1.51. The molecule has 14 heavy (non-hydrogen) atoms. The summed E-state index contributed by atoms with van der Waals surface area (Å²) in [6.45, 7) is 4.31. The molecule has 0 aliphatic heterocycles. The van der Waals surface area contributed by atoms with Gasteiger partial charge in [0.1, 0.15) is 5.60 Å². The largest absolute Gasteiger partial charge is 0.383 e. The molecule has 1 saturated carbocycles. The van der Waals surface area contributed by atoms with Crippen LogP contribution in [-0.4, -0.2) is 22.4 Å². The first-order valence-corrected chi connectivity index (χ1v) is 4.76. The lowest BCUT2D eigenvalue weighted by Gasteiger charge is -2.43. The highest BCUT2D eigenvalue weighted by atomic mass is 19.3. The van der Waals surface area contributed by atoms with Crippen LogP contribution >= 0.6 is 0 Å². The van der Waals surface area contributed by atoms with Crippen LogP contribution in [0.4, 0.5) is 8.78 Å². The summed E-state index contributed by atoms with van der Waals surface area (Å²) >= 11 is 0. The Bertz CT molecular complexity index is 249. The molecule has 0 heterocycles. The third kappa shape index (κ3) is 1.56. The number of hydrogen-bond acceptors (Lipinski definition) is 2. The predicted octanol–water partition coefficient (Wildman–Crippen LogP) is 2.15. The lowest BCUT2D eigenvalue weighted by molar-refractivity contribution is -0.219. The maximum Gasteiger partial charge on any atom is 0.333 e. The molecule has 0 spiro atoms. The van der Waals surface area contributed by atoms with Crippen molar-refractivity contribution in [1.82, 2.24) is 0 Å². The van der Waals surface area contributed by atoms with Gasteiger partial charge in [0, 0.05) is 5.41 Å². The Morgan fingerprint density at radius 1 is 1.29 bits per heavy atom. The number of ketones is 1. The second-order valence-electron chi connectivity index (χ2n) is 5.04. The zero-order valence-corrected chi connectivity index (χ0v) is 8.73. The average Bonchev–Trinajstić information content (AvgIpc) is 1.96. The Kier molecular flexibility index (Phi) is 2.47. The van der Waals surface area contributed by atoms with Gasteiger partial charge < -0.3 is 5.11 Å². The van der Waals surface area contributed by atoms with E-state index in [0.717, 1.165) is 0 Å². The molecule has 0 saturated heterocycles. The maximum absolute atomic E-state index is 13.5. The van der Waals surface area contributed by atoms with E-state index >= 15 is 0 Å². The fraction of sp³-hybridized carbons (Fsp3) is 0.900. The molecule has 1 aliphatic carbocycles. The molecule has 0 radical (unpaired) electrons. The van der Waals surface area contributed by atoms with Crippen molar-refractivity contribution in [2.75, 3.05) is 0 Å². The second kappa shape index (κ2) is 2.99. The Morgan fingerprint density at radius 2 is 1.71 bits per heavy atom. The highest BCUT2D eigenvalue weighted by Crippen LogP contribution is 2.47. The molecule has 0 bridgehead atoms. The van der Waals surface area contributed by atoms with Crippen LogP contribution in [0.3, 0.4) is 0 Å². The third-order valence-corrected chi connectivity index (χ3v) is 2.73. The molecule has 0 aromatic rings. The molecule has 1 rings (SSSR count). The number of carbonyl (C=O) groups is 1. The van der Waals surface area contributed by atoms with Crippen molar-refractivity contribution in [3.8, 4) is 0 Å². The standard InChI is InChI=1S/C10H16F2O2/c1-8(2,3)7(13)10(11,12)9(14)5-4-6-9/h14H,4-6H2,1-3H3. The van der Waals surface area contributed by atoms with Crippen molar-refractivity contribution in [2.45, 2.75) is 51.6 Å². The summed E-state index contributed by atoms with van der Waals surface area (Å²) < 4.78 is 27.1.